The Hall–Kier alpha value is -3.31. The lowest BCUT2D eigenvalue weighted by atomic mass is 9.83. The first-order valence-corrected chi connectivity index (χ1v) is 12.6. The highest BCUT2D eigenvalue weighted by Crippen LogP contribution is 2.41. The van der Waals surface area contributed by atoms with Gasteiger partial charge >= 0.3 is 18.3 Å². The highest BCUT2D eigenvalue weighted by atomic mass is 19.4. The van der Waals surface area contributed by atoms with Crippen LogP contribution in [0.2, 0.25) is 0 Å². The van der Waals surface area contributed by atoms with Crippen molar-refractivity contribution >= 4 is 17.5 Å². The Morgan fingerprint density at radius 3 is 2.33 bits per heavy atom. The summed E-state index contributed by atoms with van der Waals surface area (Å²) >= 11 is 0. The Labute approximate surface area is 222 Å². The quantitative estimate of drug-likeness (QED) is 0.474. The van der Waals surface area contributed by atoms with Crippen molar-refractivity contribution in [1.29, 1.82) is 0 Å². The maximum absolute atomic E-state index is 14.1. The number of benzene rings is 1. The van der Waals surface area contributed by atoms with E-state index in [0.717, 1.165) is 13.5 Å². The van der Waals surface area contributed by atoms with Crippen LogP contribution in [-0.4, -0.2) is 53.2 Å². The number of rotatable bonds is 6. The molecule has 0 bridgehead atoms. The molecule has 2 aliphatic carbocycles. The topological polar surface area (TPSA) is 74.3 Å². The second kappa shape index (κ2) is 10.3. The molecular weight excluding hydrogens is 526 g/mol. The van der Waals surface area contributed by atoms with Crippen LogP contribution in [0.25, 0.3) is 0 Å². The zero-order valence-corrected chi connectivity index (χ0v) is 21.7. The summed E-state index contributed by atoms with van der Waals surface area (Å²) in [5, 5.41) is 5.18. The summed E-state index contributed by atoms with van der Waals surface area (Å²) in [6.07, 6.45) is -7.92. The van der Waals surface area contributed by atoms with Gasteiger partial charge in [0.15, 0.2) is 6.04 Å². The lowest BCUT2D eigenvalue weighted by molar-refractivity contribution is -0.191. The summed E-state index contributed by atoms with van der Waals surface area (Å²) in [5.74, 6) is -3.95. The molecule has 0 aliphatic heterocycles. The summed E-state index contributed by atoms with van der Waals surface area (Å²) in [6, 6.07) is 7.49. The summed E-state index contributed by atoms with van der Waals surface area (Å²) in [6.45, 7) is 4.20. The average molecular weight is 557 g/mol. The third-order valence-corrected chi connectivity index (χ3v) is 7.83. The third kappa shape index (κ3) is 5.99. The number of hydrogen-bond donors (Lipinski definition) is 2. The van der Waals surface area contributed by atoms with Crippen molar-refractivity contribution in [2.24, 2.45) is 5.92 Å². The van der Waals surface area contributed by atoms with Gasteiger partial charge in [0.2, 0.25) is 5.91 Å². The normalized spacial score (nSPS) is 23.2. The SMILES string of the molecule is CN(C(=O)[C@@H]1CC[C@H](NC(=O)C(F)(F)F)C1)[C@@H](c1ccc(N[C@H]2Cc3ccccc3C2(C)C)cn1)C(F)(F)F. The molecule has 2 aromatic rings. The number of aromatic nitrogens is 1. The molecule has 39 heavy (non-hydrogen) atoms. The lowest BCUT2D eigenvalue weighted by Gasteiger charge is -2.32. The van der Waals surface area contributed by atoms with Gasteiger partial charge in [0.25, 0.3) is 0 Å². The molecule has 4 rings (SSSR count). The third-order valence-electron chi connectivity index (χ3n) is 7.83. The fraction of sp³-hybridized carbons (Fsp3) is 0.519. The number of nitrogens with zero attached hydrogens (tertiary/aromatic N) is 2. The second-order valence-corrected chi connectivity index (χ2v) is 10.8. The van der Waals surface area contributed by atoms with Crippen LogP contribution < -0.4 is 10.6 Å². The van der Waals surface area contributed by atoms with Crippen LogP contribution in [-0.2, 0) is 21.4 Å². The van der Waals surface area contributed by atoms with Crippen molar-refractivity contribution in [3.63, 3.8) is 0 Å². The van der Waals surface area contributed by atoms with E-state index < -0.39 is 42.2 Å². The van der Waals surface area contributed by atoms with E-state index in [0.29, 0.717) is 10.6 Å². The number of fused-ring (bicyclic) bond motifs is 1. The van der Waals surface area contributed by atoms with Crippen LogP contribution >= 0.6 is 0 Å². The predicted molar refractivity (Wildman–Crippen MR) is 132 cm³/mol. The van der Waals surface area contributed by atoms with E-state index in [4.69, 9.17) is 0 Å². The van der Waals surface area contributed by atoms with Gasteiger partial charge in [-0.25, -0.2) is 0 Å². The monoisotopic (exact) mass is 556 g/mol. The number of nitrogens with one attached hydrogen (secondary N) is 2. The smallest absolute Gasteiger partial charge is 0.380 e. The van der Waals surface area contributed by atoms with Gasteiger partial charge in [-0.15, -0.1) is 0 Å². The predicted octanol–water partition coefficient (Wildman–Crippen LogP) is 5.31. The second-order valence-electron chi connectivity index (χ2n) is 10.8. The van der Waals surface area contributed by atoms with E-state index in [1.807, 2.05) is 12.1 Å². The van der Waals surface area contributed by atoms with E-state index in [9.17, 15) is 35.9 Å². The van der Waals surface area contributed by atoms with Crippen molar-refractivity contribution in [2.75, 3.05) is 12.4 Å². The van der Waals surface area contributed by atoms with Gasteiger partial charge in [-0.1, -0.05) is 38.1 Å². The first-order chi connectivity index (χ1) is 18.1. The minimum atomic E-state index is -5.08. The maximum Gasteiger partial charge on any atom is 0.471 e. The highest BCUT2D eigenvalue weighted by molar-refractivity contribution is 5.83. The Morgan fingerprint density at radius 1 is 1.05 bits per heavy atom. The first-order valence-electron chi connectivity index (χ1n) is 12.6. The molecule has 0 spiro atoms. The van der Waals surface area contributed by atoms with Crippen LogP contribution in [0, 0.1) is 5.92 Å². The molecule has 0 radical (unpaired) electrons. The number of carbonyl (C=O) groups excluding carboxylic acids is 2. The summed E-state index contributed by atoms with van der Waals surface area (Å²) in [5.41, 5.74) is 2.36. The van der Waals surface area contributed by atoms with Crippen molar-refractivity contribution < 1.29 is 35.9 Å². The summed E-state index contributed by atoms with van der Waals surface area (Å²) < 4.78 is 80.0. The van der Waals surface area contributed by atoms with Gasteiger partial charge in [0.1, 0.15) is 0 Å². The first kappa shape index (κ1) is 28.7. The molecule has 0 saturated heterocycles. The van der Waals surface area contributed by atoms with Gasteiger partial charge in [0.05, 0.1) is 17.6 Å². The van der Waals surface area contributed by atoms with Crippen molar-refractivity contribution in [3.05, 3.63) is 59.4 Å². The van der Waals surface area contributed by atoms with Gasteiger partial charge in [-0.3, -0.25) is 14.6 Å². The molecule has 2 aliphatic rings. The minimum Gasteiger partial charge on any atom is -0.380 e. The molecule has 1 saturated carbocycles. The van der Waals surface area contributed by atoms with Crippen LogP contribution in [0.1, 0.15) is 56.0 Å². The molecule has 1 fully saturated rings. The fourth-order valence-electron chi connectivity index (χ4n) is 5.68. The van der Waals surface area contributed by atoms with E-state index in [2.05, 4.69) is 36.3 Å². The Balaban J connectivity index is 1.45. The van der Waals surface area contributed by atoms with Crippen LogP contribution in [0.5, 0.6) is 0 Å². The molecule has 12 heteroatoms. The molecular formula is C27H30F6N4O2. The molecule has 2 N–H and O–H groups in total. The molecule has 4 atom stereocenters. The molecule has 6 nitrogen and oxygen atoms in total. The van der Waals surface area contributed by atoms with Crippen molar-refractivity contribution in [2.45, 2.75) is 75.4 Å². The fourth-order valence-corrected chi connectivity index (χ4v) is 5.68. The Kier molecular flexibility index (Phi) is 7.61. The summed E-state index contributed by atoms with van der Waals surface area (Å²) in [7, 11) is 1.01. The number of halogens is 6. The molecule has 0 unspecified atom stereocenters. The zero-order chi connectivity index (χ0) is 28.8. The van der Waals surface area contributed by atoms with E-state index >= 15 is 0 Å². The Bertz CT molecular complexity index is 1210. The standard InChI is InChI=1S/C27H30F6N4O2/c1-25(2)19-7-5-4-6-15(19)13-21(25)35-18-10-11-20(34-14-18)22(26(28,29)30)37(3)23(38)16-8-9-17(12-16)36-24(39)27(31,32)33/h4-7,10-11,14,16-17,21-22,35H,8-9,12-13H2,1-3H3,(H,36,39)/t16-,17+,21+,22+/m1/s1. The summed E-state index contributed by atoms with van der Waals surface area (Å²) in [4.78, 5) is 28.7. The number of pyridine rings is 1. The molecule has 1 aromatic carbocycles. The van der Waals surface area contributed by atoms with Gasteiger partial charge in [-0.05, 0) is 48.9 Å². The van der Waals surface area contributed by atoms with E-state index in [1.54, 1.807) is 5.32 Å². The number of alkyl halides is 6. The van der Waals surface area contributed by atoms with E-state index in [1.165, 1.54) is 29.5 Å². The zero-order valence-electron chi connectivity index (χ0n) is 21.7. The van der Waals surface area contributed by atoms with Crippen LogP contribution in [0.3, 0.4) is 0 Å². The molecule has 1 aromatic heterocycles. The van der Waals surface area contributed by atoms with Crippen LogP contribution in [0.15, 0.2) is 42.6 Å². The number of anilines is 1. The molecule has 2 amide bonds. The van der Waals surface area contributed by atoms with Crippen molar-refractivity contribution in [1.82, 2.24) is 15.2 Å². The average Bonchev–Trinajstić information content (AvgIpc) is 3.40. The minimum absolute atomic E-state index is 0.00152. The van der Waals surface area contributed by atoms with Crippen LogP contribution in [0.4, 0.5) is 32.0 Å². The van der Waals surface area contributed by atoms with Gasteiger partial charge in [0, 0.05) is 30.5 Å². The highest BCUT2D eigenvalue weighted by Gasteiger charge is 2.48. The number of amides is 2. The lowest BCUT2D eigenvalue weighted by Crippen LogP contribution is -2.44. The number of carbonyl (C=O) groups is 2. The molecule has 1 heterocycles. The van der Waals surface area contributed by atoms with Crippen molar-refractivity contribution in [3.8, 4) is 0 Å². The van der Waals surface area contributed by atoms with Gasteiger partial charge in [-0.2, -0.15) is 26.3 Å². The van der Waals surface area contributed by atoms with Gasteiger partial charge < -0.3 is 15.5 Å². The largest absolute Gasteiger partial charge is 0.471 e. The van der Waals surface area contributed by atoms with E-state index in [-0.39, 0.29) is 36.4 Å². The number of hydrogen-bond acceptors (Lipinski definition) is 4. The molecule has 212 valence electrons. The maximum atomic E-state index is 14.1. The Morgan fingerprint density at radius 2 is 1.74 bits per heavy atom.